The molecule has 0 aromatic heterocycles. The van der Waals surface area contributed by atoms with Crippen LogP contribution in [-0.4, -0.2) is 38.2 Å². The Kier molecular flexibility index (Phi) is 8.70. The molecule has 1 atom stereocenters. The van der Waals surface area contributed by atoms with Crippen molar-refractivity contribution in [2.24, 2.45) is 5.92 Å². The molecular formula is C10H20O6. The Labute approximate surface area is 94.5 Å². The molecule has 6 nitrogen and oxygen atoms in total. The monoisotopic (exact) mass is 236 g/mol. The first-order chi connectivity index (χ1) is 7.11. The molecule has 16 heavy (non-hydrogen) atoms. The molecule has 0 saturated carbocycles. The van der Waals surface area contributed by atoms with Gasteiger partial charge in [-0.15, -0.1) is 0 Å². The summed E-state index contributed by atoms with van der Waals surface area (Å²) in [5.74, 6) is -3.68. The van der Waals surface area contributed by atoms with Gasteiger partial charge in [0.1, 0.15) is 0 Å². The fourth-order valence-corrected chi connectivity index (χ4v) is 0.601. The molecule has 0 bridgehead atoms. The first-order valence-electron chi connectivity index (χ1n) is 4.99. The number of carboxylic acids is 2. The van der Waals surface area contributed by atoms with Crippen LogP contribution in [0.1, 0.15) is 40.0 Å². The second kappa shape index (κ2) is 8.06. The van der Waals surface area contributed by atoms with E-state index in [1.165, 1.54) is 6.92 Å². The molecule has 0 aliphatic heterocycles. The average Bonchev–Trinajstić information content (AvgIpc) is 2.13. The minimum absolute atomic E-state index is 0.0394. The number of hydrogen-bond acceptors (Lipinski definition) is 4. The van der Waals surface area contributed by atoms with Gasteiger partial charge in [0, 0.05) is 5.92 Å². The van der Waals surface area contributed by atoms with Crippen molar-refractivity contribution < 1.29 is 30.0 Å². The van der Waals surface area contributed by atoms with Crippen LogP contribution in [0, 0.1) is 5.92 Å². The van der Waals surface area contributed by atoms with Crippen molar-refractivity contribution in [2.75, 3.05) is 0 Å². The van der Waals surface area contributed by atoms with E-state index in [0.717, 1.165) is 6.42 Å². The summed E-state index contributed by atoms with van der Waals surface area (Å²) in [7, 11) is 0. The summed E-state index contributed by atoms with van der Waals surface area (Å²) in [5, 5.41) is 33.5. The summed E-state index contributed by atoms with van der Waals surface area (Å²) in [4.78, 5) is 19.3. The van der Waals surface area contributed by atoms with E-state index in [-0.39, 0.29) is 18.8 Å². The molecule has 96 valence electrons. The third-order valence-electron chi connectivity index (χ3n) is 2.10. The Hall–Kier alpha value is -1.14. The first kappa shape index (κ1) is 17.3. The van der Waals surface area contributed by atoms with Crippen molar-refractivity contribution in [3.63, 3.8) is 0 Å². The van der Waals surface area contributed by atoms with E-state index in [1.54, 1.807) is 6.92 Å². The molecule has 0 radical (unpaired) electrons. The number of aliphatic hydroxyl groups is 2. The fourth-order valence-electron chi connectivity index (χ4n) is 0.601. The van der Waals surface area contributed by atoms with Crippen molar-refractivity contribution in [3.05, 3.63) is 0 Å². The average molecular weight is 236 g/mol. The molecule has 0 aliphatic carbocycles. The summed E-state index contributed by atoms with van der Waals surface area (Å²) >= 11 is 0. The molecule has 0 rings (SSSR count). The van der Waals surface area contributed by atoms with Crippen LogP contribution < -0.4 is 0 Å². The SMILES string of the molecule is CCC(C)C(C)(O)O.O=C(O)CCC(=O)O. The van der Waals surface area contributed by atoms with Gasteiger partial charge in [0.2, 0.25) is 0 Å². The van der Waals surface area contributed by atoms with Crippen molar-refractivity contribution in [3.8, 4) is 0 Å². The summed E-state index contributed by atoms with van der Waals surface area (Å²) in [5.41, 5.74) is 0. The number of hydrogen-bond donors (Lipinski definition) is 4. The molecule has 0 amide bonds. The highest BCUT2D eigenvalue weighted by Gasteiger charge is 2.22. The maximum atomic E-state index is 9.64. The summed E-state index contributed by atoms with van der Waals surface area (Å²) < 4.78 is 0. The lowest BCUT2D eigenvalue weighted by molar-refractivity contribution is -0.181. The predicted octanol–water partition coefficient (Wildman–Crippen LogP) is 0.669. The van der Waals surface area contributed by atoms with Crippen molar-refractivity contribution >= 4 is 11.9 Å². The molecule has 0 saturated heterocycles. The van der Waals surface area contributed by atoms with Crippen LogP contribution in [-0.2, 0) is 9.59 Å². The number of rotatable bonds is 5. The van der Waals surface area contributed by atoms with Gasteiger partial charge >= 0.3 is 11.9 Å². The van der Waals surface area contributed by atoms with E-state index in [9.17, 15) is 9.59 Å². The molecule has 0 fully saturated rings. The van der Waals surface area contributed by atoms with Gasteiger partial charge in [0.15, 0.2) is 5.79 Å². The Morgan fingerprint density at radius 2 is 1.44 bits per heavy atom. The van der Waals surface area contributed by atoms with Crippen LogP contribution in [0.5, 0.6) is 0 Å². The Morgan fingerprint density at radius 3 is 1.50 bits per heavy atom. The summed E-state index contributed by atoms with van der Waals surface area (Å²) in [6, 6.07) is 0. The molecule has 0 aromatic carbocycles. The summed E-state index contributed by atoms with van der Waals surface area (Å²) in [6.45, 7) is 5.14. The molecule has 1 unspecified atom stereocenters. The van der Waals surface area contributed by atoms with E-state index in [4.69, 9.17) is 20.4 Å². The zero-order valence-electron chi connectivity index (χ0n) is 9.80. The lowest BCUT2D eigenvalue weighted by atomic mass is 10.0. The van der Waals surface area contributed by atoms with E-state index >= 15 is 0 Å². The quantitative estimate of drug-likeness (QED) is 0.521. The highest BCUT2D eigenvalue weighted by atomic mass is 16.5. The third-order valence-corrected chi connectivity index (χ3v) is 2.10. The minimum Gasteiger partial charge on any atom is -0.481 e. The topological polar surface area (TPSA) is 115 Å². The predicted molar refractivity (Wildman–Crippen MR) is 56.8 cm³/mol. The normalized spacial score (nSPS) is 12.3. The highest BCUT2D eigenvalue weighted by Crippen LogP contribution is 2.15. The lowest BCUT2D eigenvalue weighted by Crippen LogP contribution is -2.31. The van der Waals surface area contributed by atoms with E-state index < -0.39 is 17.7 Å². The van der Waals surface area contributed by atoms with Crippen molar-refractivity contribution in [1.29, 1.82) is 0 Å². The molecule has 0 aromatic rings. The smallest absolute Gasteiger partial charge is 0.303 e. The zero-order valence-corrected chi connectivity index (χ0v) is 9.80. The first-order valence-corrected chi connectivity index (χ1v) is 4.99. The molecule has 6 heteroatoms. The van der Waals surface area contributed by atoms with Gasteiger partial charge in [-0.25, -0.2) is 0 Å². The van der Waals surface area contributed by atoms with Gasteiger partial charge in [-0.3, -0.25) is 9.59 Å². The van der Waals surface area contributed by atoms with Crippen molar-refractivity contribution in [2.45, 2.75) is 45.8 Å². The second-order valence-corrected chi connectivity index (χ2v) is 3.69. The molecule has 4 N–H and O–H groups in total. The van der Waals surface area contributed by atoms with Crippen molar-refractivity contribution in [1.82, 2.24) is 0 Å². The van der Waals surface area contributed by atoms with Crippen LogP contribution >= 0.6 is 0 Å². The second-order valence-electron chi connectivity index (χ2n) is 3.69. The maximum absolute atomic E-state index is 9.64. The van der Waals surface area contributed by atoms with Crippen LogP contribution in [0.3, 0.4) is 0 Å². The van der Waals surface area contributed by atoms with Crippen LogP contribution in [0.2, 0.25) is 0 Å². The Morgan fingerprint density at radius 1 is 1.12 bits per heavy atom. The number of carboxylic acid groups (broad SMARTS) is 2. The number of carbonyl (C=O) groups is 2. The Balaban J connectivity index is 0. The lowest BCUT2D eigenvalue weighted by Gasteiger charge is -2.22. The third kappa shape index (κ3) is 12.9. The summed E-state index contributed by atoms with van der Waals surface area (Å²) in [6.07, 6.45) is 0.203. The number of aliphatic carboxylic acids is 2. The van der Waals surface area contributed by atoms with Crippen LogP contribution in [0.4, 0.5) is 0 Å². The van der Waals surface area contributed by atoms with Crippen LogP contribution in [0.25, 0.3) is 0 Å². The molecule has 0 aliphatic rings. The maximum Gasteiger partial charge on any atom is 0.303 e. The van der Waals surface area contributed by atoms with Gasteiger partial charge in [-0.1, -0.05) is 13.8 Å². The van der Waals surface area contributed by atoms with E-state index in [0.29, 0.717) is 0 Å². The molecule has 0 heterocycles. The van der Waals surface area contributed by atoms with Gasteiger partial charge < -0.3 is 20.4 Å². The van der Waals surface area contributed by atoms with Gasteiger partial charge in [-0.05, 0) is 13.3 Å². The van der Waals surface area contributed by atoms with Gasteiger partial charge in [-0.2, -0.15) is 0 Å². The standard InChI is InChI=1S/C6H14O2.C4H6O4/c1-4-5(2)6(3,7)8;5-3(6)1-2-4(7)8/h5,7-8H,4H2,1-3H3;1-2H2,(H,5,6)(H,7,8). The zero-order chi connectivity index (χ0) is 13.4. The Bertz CT molecular complexity index is 204. The van der Waals surface area contributed by atoms with E-state index in [1.807, 2.05) is 6.92 Å². The van der Waals surface area contributed by atoms with E-state index in [2.05, 4.69) is 0 Å². The molecular weight excluding hydrogens is 216 g/mol. The van der Waals surface area contributed by atoms with Gasteiger partial charge in [0.25, 0.3) is 0 Å². The van der Waals surface area contributed by atoms with Crippen LogP contribution in [0.15, 0.2) is 0 Å². The molecule has 0 spiro atoms. The highest BCUT2D eigenvalue weighted by molar-refractivity contribution is 5.75. The van der Waals surface area contributed by atoms with Gasteiger partial charge in [0.05, 0.1) is 12.8 Å². The largest absolute Gasteiger partial charge is 0.481 e. The fraction of sp³-hybridized carbons (Fsp3) is 0.800. The minimum atomic E-state index is -1.49.